The van der Waals surface area contributed by atoms with Gasteiger partial charge in [0.1, 0.15) is 5.04 Å². The molecular formula is C22H28N4OS. The van der Waals surface area contributed by atoms with Crippen molar-refractivity contribution < 1.29 is 5.11 Å². The average molecular weight is 397 g/mol. The van der Waals surface area contributed by atoms with Crippen LogP contribution in [0, 0.1) is 5.92 Å². The lowest BCUT2D eigenvalue weighted by molar-refractivity contribution is 0.277. The van der Waals surface area contributed by atoms with Crippen molar-refractivity contribution in [1.82, 2.24) is 10.3 Å². The number of aromatic nitrogens is 1. The number of aliphatic hydroxyl groups is 1. The lowest BCUT2D eigenvalue weighted by atomic mass is 9.98. The number of aliphatic imine (C=N–C) groups is 1. The number of rotatable bonds is 6. The molecule has 2 atom stereocenters. The summed E-state index contributed by atoms with van der Waals surface area (Å²) in [6.07, 6.45) is 10.6. The van der Waals surface area contributed by atoms with E-state index in [1.54, 1.807) is 11.8 Å². The molecule has 1 aliphatic carbocycles. The first-order chi connectivity index (χ1) is 13.8. The molecule has 1 aromatic heterocycles. The molecule has 2 aromatic rings. The van der Waals surface area contributed by atoms with Crippen molar-refractivity contribution in [2.24, 2.45) is 10.9 Å². The highest BCUT2D eigenvalue weighted by molar-refractivity contribution is 8.14. The molecule has 1 saturated carbocycles. The number of aromatic amines is 1. The summed E-state index contributed by atoms with van der Waals surface area (Å²) in [6.45, 7) is 1.15. The average Bonchev–Trinajstić information content (AvgIpc) is 3.48. The van der Waals surface area contributed by atoms with E-state index in [9.17, 15) is 5.11 Å². The number of aliphatic hydroxyl groups excluding tert-OH is 1. The molecule has 6 heteroatoms. The molecule has 0 bridgehead atoms. The summed E-state index contributed by atoms with van der Waals surface area (Å²) in [5.41, 5.74) is 4.86. The van der Waals surface area contributed by atoms with Gasteiger partial charge < -0.3 is 20.7 Å². The molecule has 28 heavy (non-hydrogen) atoms. The first kappa shape index (κ1) is 18.1. The van der Waals surface area contributed by atoms with Crippen molar-refractivity contribution in [3.05, 3.63) is 41.7 Å². The summed E-state index contributed by atoms with van der Waals surface area (Å²) >= 11 is 1.73. The lowest BCUT2D eigenvalue weighted by Crippen LogP contribution is -2.15. The fourth-order valence-corrected chi connectivity index (χ4v) is 5.55. The number of thioether (sulfide) groups is 1. The van der Waals surface area contributed by atoms with Crippen molar-refractivity contribution in [3.63, 3.8) is 0 Å². The molecule has 3 heterocycles. The van der Waals surface area contributed by atoms with Gasteiger partial charge in [-0.2, -0.15) is 0 Å². The summed E-state index contributed by atoms with van der Waals surface area (Å²) in [5.74, 6) is 1.43. The Bertz CT molecular complexity index is 913. The van der Waals surface area contributed by atoms with Gasteiger partial charge in [-0.15, -0.1) is 11.8 Å². The van der Waals surface area contributed by atoms with Gasteiger partial charge in [-0.05, 0) is 55.1 Å². The van der Waals surface area contributed by atoms with Crippen LogP contribution in [0.4, 0.5) is 5.69 Å². The van der Waals surface area contributed by atoms with E-state index in [2.05, 4.69) is 51.1 Å². The van der Waals surface area contributed by atoms with E-state index in [0.29, 0.717) is 12.0 Å². The summed E-state index contributed by atoms with van der Waals surface area (Å²) in [7, 11) is 0. The first-order valence-electron chi connectivity index (χ1n) is 10.4. The van der Waals surface area contributed by atoms with Crippen LogP contribution in [-0.2, 0) is 6.42 Å². The van der Waals surface area contributed by atoms with E-state index < -0.39 is 0 Å². The fourth-order valence-electron chi connectivity index (χ4n) is 4.53. The summed E-state index contributed by atoms with van der Waals surface area (Å²) in [6, 6.07) is 7.50. The highest BCUT2D eigenvalue weighted by Crippen LogP contribution is 2.33. The smallest absolute Gasteiger partial charge is 0.115 e. The molecule has 1 fully saturated rings. The molecule has 2 aliphatic heterocycles. The number of hydrogen-bond donors (Lipinski definition) is 4. The number of nitrogens with one attached hydrogen (secondary N) is 3. The molecule has 0 amide bonds. The van der Waals surface area contributed by atoms with Crippen LogP contribution in [-0.4, -0.2) is 46.1 Å². The molecule has 5 rings (SSSR count). The van der Waals surface area contributed by atoms with Gasteiger partial charge in [0, 0.05) is 23.7 Å². The normalized spacial score (nSPS) is 24.8. The second-order valence-electron chi connectivity index (χ2n) is 8.23. The Hall–Kier alpha value is -1.92. The Kier molecular flexibility index (Phi) is 5.07. The van der Waals surface area contributed by atoms with Crippen LogP contribution in [0.5, 0.6) is 0 Å². The first-order valence-corrected chi connectivity index (χ1v) is 11.4. The zero-order valence-corrected chi connectivity index (χ0v) is 16.9. The molecule has 0 radical (unpaired) electrons. The number of hydrogen-bond acceptors (Lipinski definition) is 5. The van der Waals surface area contributed by atoms with Gasteiger partial charge in [-0.3, -0.25) is 4.99 Å². The third-order valence-corrected chi connectivity index (χ3v) is 7.17. The third kappa shape index (κ3) is 3.67. The maximum Gasteiger partial charge on any atom is 0.115 e. The molecule has 1 unspecified atom stereocenters. The second-order valence-corrected chi connectivity index (χ2v) is 9.24. The van der Waals surface area contributed by atoms with E-state index in [-0.39, 0.29) is 12.6 Å². The minimum Gasteiger partial charge on any atom is -0.394 e. The van der Waals surface area contributed by atoms with E-state index in [1.165, 1.54) is 47.8 Å². The number of fused-ring (bicyclic) bond motifs is 1. The number of anilines is 1. The van der Waals surface area contributed by atoms with E-state index in [4.69, 9.17) is 0 Å². The zero-order chi connectivity index (χ0) is 18.9. The van der Waals surface area contributed by atoms with Crippen molar-refractivity contribution in [3.8, 4) is 0 Å². The minimum atomic E-state index is 0.0275. The van der Waals surface area contributed by atoms with Gasteiger partial charge in [0.05, 0.1) is 29.5 Å². The molecule has 0 spiro atoms. The van der Waals surface area contributed by atoms with Crippen LogP contribution >= 0.6 is 11.8 Å². The number of nitrogens with zero attached hydrogens (tertiary/aromatic N) is 1. The molecule has 148 valence electrons. The van der Waals surface area contributed by atoms with Gasteiger partial charge in [0.2, 0.25) is 0 Å². The van der Waals surface area contributed by atoms with Gasteiger partial charge in [-0.25, -0.2) is 0 Å². The largest absolute Gasteiger partial charge is 0.394 e. The molecular weight excluding hydrogens is 368 g/mol. The van der Waals surface area contributed by atoms with E-state index in [1.807, 2.05) is 0 Å². The Morgan fingerprint density at radius 1 is 1.21 bits per heavy atom. The molecule has 0 saturated heterocycles. The van der Waals surface area contributed by atoms with Crippen molar-refractivity contribution >= 4 is 33.4 Å². The predicted molar refractivity (Wildman–Crippen MR) is 118 cm³/mol. The van der Waals surface area contributed by atoms with Crippen LogP contribution < -0.4 is 10.6 Å². The lowest BCUT2D eigenvalue weighted by Gasteiger charge is -2.16. The summed E-state index contributed by atoms with van der Waals surface area (Å²) in [4.78, 5) is 8.29. The minimum absolute atomic E-state index is 0.0275. The maximum absolute atomic E-state index is 9.39. The van der Waals surface area contributed by atoms with Crippen LogP contribution in [0.2, 0.25) is 0 Å². The Labute approximate surface area is 170 Å². The van der Waals surface area contributed by atoms with E-state index >= 15 is 0 Å². The molecule has 4 N–H and O–H groups in total. The van der Waals surface area contributed by atoms with Crippen molar-refractivity contribution in [2.75, 3.05) is 24.2 Å². The molecule has 1 aromatic carbocycles. The van der Waals surface area contributed by atoms with Gasteiger partial charge in [0.25, 0.3) is 0 Å². The fraction of sp³-hybridized carbons (Fsp3) is 0.500. The van der Waals surface area contributed by atoms with Crippen molar-refractivity contribution in [1.29, 1.82) is 0 Å². The number of benzene rings is 1. The van der Waals surface area contributed by atoms with Crippen LogP contribution in [0.25, 0.3) is 10.9 Å². The second kappa shape index (κ2) is 7.84. The third-order valence-electron chi connectivity index (χ3n) is 6.02. The van der Waals surface area contributed by atoms with Crippen LogP contribution in [0.15, 0.2) is 35.5 Å². The number of H-pyrrole nitrogens is 1. The topological polar surface area (TPSA) is 72.4 Å². The standard InChI is InChI=1S/C22H28N4OS/c27-12-18-13-28-22(25-18)20-10-16-8-15(7-14-5-6-23-11-14)9-19(21(16)26-20)24-17-3-1-2-4-17/h5-6,8-10,14,17-18,23-24,26-27H,1-4,7,11-13H2/t14?,18-/m1/s1. The molecule has 5 nitrogen and oxygen atoms in total. The maximum atomic E-state index is 9.39. The SMILES string of the molecule is OC[C@@H]1CSC(c2cc3cc(CC4C=CNC4)cc(NC4CCCC4)c3[nH]2)=N1. The van der Waals surface area contributed by atoms with Gasteiger partial charge in [0.15, 0.2) is 0 Å². The predicted octanol–water partition coefficient (Wildman–Crippen LogP) is 3.65. The van der Waals surface area contributed by atoms with E-state index in [0.717, 1.165) is 29.5 Å². The van der Waals surface area contributed by atoms with Gasteiger partial charge >= 0.3 is 0 Å². The van der Waals surface area contributed by atoms with Crippen molar-refractivity contribution in [2.45, 2.75) is 44.2 Å². The Balaban J connectivity index is 1.50. The zero-order valence-electron chi connectivity index (χ0n) is 16.1. The van der Waals surface area contributed by atoms with Crippen LogP contribution in [0.3, 0.4) is 0 Å². The summed E-state index contributed by atoms with van der Waals surface area (Å²) < 4.78 is 0. The summed E-state index contributed by atoms with van der Waals surface area (Å²) in [5, 5.41) is 18.8. The Morgan fingerprint density at radius 2 is 2.11 bits per heavy atom. The highest BCUT2D eigenvalue weighted by Gasteiger charge is 2.22. The highest BCUT2D eigenvalue weighted by atomic mass is 32.2. The molecule has 3 aliphatic rings. The monoisotopic (exact) mass is 396 g/mol. The Morgan fingerprint density at radius 3 is 2.86 bits per heavy atom. The quantitative estimate of drug-likeness (QED) is 0.601. The van der Waals surface area contributed by atoms with Crippen LogP contribution in [0.1, 0.15) is 36.9 Å². The van der Waals surface area contributed by atoms with Gasteiger partial charge in [-0.1, -0.05) is 18.9 Å².